The van der Waals surface area contributed by atoms with Crippen LogP contribution in [0.3, 0.4) is 0 Å². The average Bonchev–Trinajstić information content (AvgIpc) is 3.21. The molecular formula is C19H20N4O2S. The predicted octanol–water partition coefficient (Wildman–Crippen LogP) is 3.25. The minimum atomic E-state index is -0.335. The summed E-state index contributed by atoms with van der Waals surface area (Å²) in [6, 6.07) is 7.53. The summed E-state index contributed by atoms with van der Waals surface area (Å²) in [5.41, 5.74) is 1.39. The molecule has 0 bridgehead atoms. The van der Waals surface area contributed by atoms with Crippen molar-refractivity contribution in [1.82, 2.24) is 14.3 Å². The summed E-state index contributed by atoms with van der Waals surface area (Å²) >= 11 is 1.41. The standard InChI is InChI=1S/C19H20N4O2S/c1-5-11-22-15-8-7-14(25-6-2)12-17(15)26-19(22)21-18(24)16-9-10-20-23(16)13(3)4/h1,7-10,12-13H,6,11H2,2-4H3. The fourth-order valence-corrected chi connectivity index (χ4v) is 3.73. The number of amides is 1. The molecule has 7 heteroatoms. The third kappa shape index (κ3) is 3.41. The molecule has 0 saturated carbocycles. The molecule has 0 atom stereocenters. The zero-order chi connectivity index (χ0) is 18.7. The van der Waals surface area contributed by atoms with Crippen molar-refractivity contribution in [3.05, 3.63) is 41.0 Å². The molecule has 2 aromatic heterocycles. The fraction of sp³-hybridized carbons (Fsp3) is 0.316. The van der Waals surface area contributed by atoms with Crippen LogP contribution in [-0.4, -0.2) is 26.9 Å². The topological polar surface area (TPSA) is 61.4 Å². The Morgan fingerprint density at radius 2 is 2.23 bits per heavy atom. The Kier molecular flexibility index (Phi) is 5.24. The Bertz CT molecular complexity index is 1050. The van der Waals surface area contributed by atoms with Crippen LogP contribution in [0.2, 0.25) is 0 Å². The summed E-state index contributed by atoms with van der Waals surface area (Å²) < 4.78 is 10.1. The first kappa shape index (κ1) is 18.0. The molecular weight excluding hydrogens is 348 g/mol. The van der Waals surface area contributed by atoms with Gasteiger partial charge in [-0.05, 0) is 45.0 Å². The Morgan fingerprint density at radius 1 is 1.42 bits per heavy atom. The number of ether oxygens (including phenoxy) is 1. The predicted molar refractivity (Wildman–Crippen MR) is 102 cm³/mol. The van der Waals surface area contributed by atoms with Gasteiger partial charge in [0.25, 0.3) is 5.91 Å². The van der Waals surface area contributed by atoms with Crippen LogP contribution in [0.4, 0.5) is 0 Å². The van der Waals surface area contributed by atoms with Gasteiger partial charge in [-0.3, -0.25) is 9.48 Å². The van der Waals surface area contributed by atoms with Crippen molar-refractivity contribution in [3.63, 3.8) is 0 Å². The van der Waals surface area contributed by atoms with E-state index in [1.54, 1.807) is 16.9 Å². The van der Waals surface area contributed by atoms with Crippen LogP contribution in [0.5, 0.6) is 5.75 Å². The Morgan fingerprint density at radius 3 is 2.92 bits per heavy atom. The number of fused-ring (bicyclic) bond motifs is 1. The molecule has 1 aromatic carbocycles. The van der Waals surface area contributed by atoms with Crippen molar-refractivity contribution in [3.8, 4) is 18.1 Å². The average molecular weight is 368 g/mol. The molecule has 134 valence electrons. The molecule has 1 amide bonds. The van der Waals surface area contributed by atoms with E-state index < -0.39 is 0 Å². The number of nitrogens with zero attached hydrogens (tertiary/aromatic N) is 4. The van der Waals surface area contributed by atoms with E-state index in [2.05, 4.69) is 16.0 Å². The molecule has 0 aliphatic heterocycles. The van der Waals surface area contributed by atoms with Crippen molar-refractivity contribution in [1.29, 1.82) is 0 Å². The van der Waals surface area contributed by atoms with E-state index in [9.17, 15) is 4.79 Å². The molecule has 3 rings (SSSR count). The molecule has 2 heterocycles. The second kappa shape index (κ2) is 7.58. The number of benzene rings is 1. The maximum absolute atomic E-state index is 12.7. The van der Waals surface area contributed by atoms with Crippen LogP contribution in [-0.2, 0) is 6.54 Å². The highest BCUT2D eigenvalue weighted by atomic mass is 32.1. The molecule has 3 aromatic rings. The van der Waals surface area contributed by atoms with Crippen LogP contribution in [0.15, 0.2) is 35.5 Å². The number of rotatable bonds is 5. The van der Waals surface area contributed by atoms with Gasteiger partial charge in [-0.25, -0.2) is 0 Å². The van der Waals surface area contributed by atoms with Gasteiger partial charge in [-0.1, -0.05) is 17.3 Å². The minimum Gasteiger partial charge on any atom is -0.494 e. The zero-order valence-electron chi connectivity index (χ0n) is 15.0. The quantitative estimate of drug-likeness (QED) is 0.650. The van der Waals surface area contributed by atoms with Crippen LogP contribution in [0, 0.1) is 12.3 Å². The van der Waals surface area contributed by atoms with Crippen molar-refractivity contribution < 1.29 is 9.53 Å². The van der Waals surface area contributed by atoms with E-state index >= 15 is 0 Å². The van der Waals surface area contributed by atoms with E-state index in [1.165, 1.54) is 11.3 Å². The summed E-state index contributed by atoms with van der Waals surface area (Å²) in [4.78, 5) is 17.6. The molecule has 0 fully saturated rings. The SMILES string of the molecule is C#CCn1c(=NC(=O)c2ccnn2C(C)C)sc2cc(OCC)ccc21. The highest BCUT2D eigenvalue weighted by Crippen LogP contribution is 2.23. The van der Waals surface area contributed by atoms with Gasteiger partial charge in [-0.15, -0.1) is 6.42 Å². The van der Waals surface area contributed by atoms with Gasteiger partial charge in [0.05, 0.1) is 23.4 Å². The summed E-state index contributed by atoms with van der Waals surface area (Å²) in [7, 11) is 0. The van der Waals surface area contributed by atoms with E-state index in [4.69, 9.17) is 11.2 Å². The number of terminal acetylenes is 1. The van der Waals surface area contributed by atoms with E-state index in [0.717, 1.165) is 16.0 Å². The Labute approximate surface area is 155 Å². The maximum Gasteiger partial charge on any atom is 0.297 e. The summed E-state index contributed by atoms with van der Waals surface area (Å²) in [6.07, 6.45) is 7.12. The highest BCUT2D eigenvalue weighted by Gasteiger charge is 2.15. The van der Waals surface area contributed by atoms with Gasteiger partial charge in [0.2, 0.25) is 0 Å². The molecule has 0 unspecified atom stereocenters. The molecule has 0 radical (unpaired) electrons. The lowest BCUT2D eigenvalue weighted by Crippen LogP contribution is -2.18. The summed E-state index contributed by atoms with van der Waals surface area (Å²) in [5, 5.41) is 4.20. The normalized spacial score (nSPS) is 11.9. The van der Waals surface area contributed by atoms with Crippen molar-refractivity contribution in [2.24, 2.45) is 4.99 Å². The molecule has 0 aliphatic carbocycles. The van der Waals surface area contributed by atoms with Gasteiger partial charge >= 0.3 is 0 Å². The zero-order valence-corrected chi connectivity index (χ0v) is 15.8. The van der Waals surface area contributed by atoms with Gasteiger partial charge in [-0.2, -0.15) is 10.1 Å². The molecule has 0 N–H and O–H groups in total. The maximum atomic E-state index is 12.7. The van der Waals surface area contributed by atoms with Crippen LogP contribution < -0.4 is 9.54 Å². The Balaban J connectivity index is 2.12. The minimum absolute atomic E-state index is 0.0770. The molecule has 6 nitrogen and oxygen atoms in total. The first-order valence-corrected chi connectivity index (χ1v) is 9.19. The molecule has 0 spiro atoms. The third-order valence-corrected chi connectivity index (χ3v) is 4.83. The number of thiazole rings is 1. The first-order valence-electron chi connectivity index (χ1n) is 8.37. The summed E-state index contributed by atoms with van der Waals surface area (Å²) in [5.74, 6) is 3.08. The van der Waals surface area contributed by atoms with Crippen molar-refractivity contribution >= 4 is 27.5 Å². The number of hydrogen-bond acceptors (Lipinski definition) is 4. The lowest BCUT2D eigenvalue weighted by atomic mass is 10.3. The van der Waals surface area contributed by atoms with Crippen molar-refractivity contribution in [2.45, 2.75) is 33.4 Å². The van der Waals surface area contributed by atoms with Gasteiger partial charge in [0, 0.05) is 12.2 Å². The highest BCUT2D eigenvalue weighted by molar-refractivity contribution is 7.16. The number of carbonyl (C=O) groups is 1. The van der Waals surface area contributed by atoms with E-state index in [0.29, 0.717) is 23.6 Å². The molecule has 26 heavy (non-hydrogen) atoms. The second-order valence-corrected chi connectivity index (χ2v) is 6.92. The first-order chi connectivity index (χ1) is 12.5. The fourth-order valence-electron chi connectivity index (χ4n) is 2.68. The number of hydrogen-bond donors (Lipinski definition) is 0. The lowest BCUT2D eigenvalue weighted by molar-refractivity contribution is 0.0986. The van der Waals surface area contributed by atoms with Crippen LogP contribution in [0.1, 0.15) is 37.3 Å². The third-order valence-electron chi connectivity index (χ3n) is 3.79. The van der Waals surface area contributed by atoms with Gasteiger partial charge in [0.1, 0.15) is 11.4 Å². The number of carbonyl (C=O) groups excluding carboxylic acids is 1. The van der Waals surface area contributed by atoms with Crippen LogP contribution >= 0.6 is 11.3 Å². The largest absolute Gasteiger partial charge is 0.494 e. The van der Waals surface area contributed by atoms with Gasteiger partial charge < -0.3 is 9.30 Å². The molecule has 0 saturated heterocycles. The second-order valence-electron chi connectivity index (χ2n) is 5.91. The molecule has 0 aliphatic rings. The number of aromatic nitrogens is 3. The lowest BCUT2D eigenvalue weighted by Gasteiger charge is -2.07. The van der Waals surface area contributed by atoms with Crippen LogP contribution in [0.25, 0.3) is 10.2 Å². The monoisotopic (exact) mass is 368 g/mol. The van der Waals surface area contributed by atoms with Gasteiger partial charge in [0.15, 0.2) is 4.80 Å². The van der Waals surface area contributed by atoms with E-state index in [1.807, 2.05) is 43.5 Å². The smallest absolute Gasteiger partial charge is 0.297 e. The Hall–Kier alpha value is -2.85. The van der Waals surface area contributed by atoms with Crippen molar-refractivity contribution in [2.75, 3.05) is 6.61 Å². The van der Waals surface area contributed by atoms with E-state index in [-0.39, 0.29) is 11.9 Å². The summed E-state index contributed by atoms with van der Waals surface area (Å²) in [6.45, 7) is 6.81.